The van der Waals surface area contributed by atoms with Gasteiger partial charge in [0.25, 0.3) is 5.91 Å². The van der Waals surface area contributed by atoms with Crippen molar-refractivity contribution in [2.75, 3.05) is 31.8 Å². The van der Waals surface area contributed by atoms with Crippen molar-refractivity contribution in [2.45, 2.75) is 13.3 Å². The first-order chi connectivity index (χ1) is 14.4. The van der Waals surface area contributed by atoms with E-state index in [1.54, 1.807) is 45.5 Å². The Labute approximate surface area is 179 Å². The lowest BCUT2D eigenvalue weighted by atomic mass is 10.1. The number of ether oxygens (including phenoxy) is 1. The molecule has 0 fully saturated rings. The number of methoxy groups -OCH3 is 1. The van der Waals surface area contributed by atoms with Gasteiger partial charge in [0.2, 0.25) is 0 Å². The van der Waals surface area contributed by atoms with E-state index in [1.807, 2.05) is 24.3 Å². The third-order valence-corrected chi connectivity index (χ3v) is 5.50. The maximum atomic E-state index is 12.7. The first kappa shape index (κ1) is 21.3. The van der Waals surface area contributed by atoms with Crippen LogP contribution in [0.3, 0.4) is 0 Å². The summed E-state index contributed by atoms with van der Waals surface area (Å²) in [5.74, 6) is 0.496. The highest BCUT2D eigenvalue weighted by atomic mass is 32.1. The van der Waals surface area contributed by atoms with Crippen LogP contribution in [0.1, 0.15) is 22.2 Å². The van der Waals surface area contributed by atoms with Crippen molar-refractivity contribution in [3.05, 3.63) is 59.0 Å². The van der Waals surface area contributed by atoms with Crippen molar-refractivity contribution in [3.8, 4) is 17.0 Å². The van der Waals surface area contributed by atoms with Crippen molar-refractivity contribution >= 4 is 34.1 Å². The van der Waals surface area contributed by atoms with Crippen molar-refractivity contribution < 1.29 is 14.3 Å². The molecule has 0 saturated heterocycles. The Morgan fingerprint density at radius 1 is 1.10 bits per heavy atom. The second-order valence-corrected chi connectivity index (χ2v) is 7.82. The number of carbonyl (C=O) groups excluding carboxylic acids is 2. The standard InChI is InChI=1S/C22H24N4O3S/c1-5-18-19(14-9-11-17(29-4)12-10-14)24-21(30-18)25-20(27)15-7-6-8-16(13-15)23-22(28)26(2)3/h6-13H,5H2,1-4H3,(H,23,28)(H,24,25,27). The van der Waals surface area contributed by atoms with Crippen LogP contribution in [0.5, 0.6) is 5.75 Å². The van der Waals surface area contributed by atoms with E-state index in [-0.39, 0.29) is 11.9 Å². The molecule has 0 unspecified atom stereocenters. The number of nitrogens with zero attached hydrogens (tertiary/aromatic N) is 2. The minimum atomic E-state index is -0.284. The number of carbonyl (C=O) groups is 2. The van der Waals surface area contributed by atoms with Crippen molar-refractivity contribution in [2.24, 2.45) is 0 Å². The van der Waals surface area contributed by atoms with Gasteiger partial charge in [0.15, 0.2) is 5.13 Å². The molecule has 0 atom stereocenters. The fourth-order valence-electron chi connectivity index (χ4n) is 2.76. The van der Waals surface area contributed by atoms with Gasteiger partial charge in [-0.1, -0.05) is 13.0 Å². The summed E-state index contributed by atoms with van der Waals surface area (Å²) in [4.78, 5) is 31.7. The van der Waals surface area contributed by atoms with Crippen LogP contribution in [0, 0.1) is 0 Å². The molecule has 0 saturated carbocycles. The monoisotopic (exact) mass is 424 g/mol. The number of hydrogen-bond acceptors (Lipinski definition) is 5. The summed E-state index contributed by atoms with van der Waals surface area (Å²) >= 11 is 1.46. The van der Waals surface area contributed by atoms with E-state index in [2.05, 4.69) is 22.5 Å². The van der Waals surface area contributed by atoms with E-state index >= 15 is 0 Å². The molecule has 0 aliphatic heterocycles. The molecule has 0 aliphatic carbocycles. The van der Waals surface area contributed by atoms with Crippen LogP contribution in [0.2, 0.25) is 0 Å². The van der Waals surface area contributed by atoms with Crippen LogP contribution in [0.4, 0.5) is 15.6 Å². The molecule has 8 heteroatoms. The van der Waals surface area contributed by atoms with Gasteiger partial charge < -0.3 is 15.0 Å². The Morgan fingerprint density at radius 3 is 2.47 bits per heavy atom. The number of urea groups is 1. The fourth-order valence-corrected chi connectivity index (χ4v) is 3.68. The minimum Gasteiger partial charge on any atom is -0.497 e. The van der Waals surface area contributed by atoms with Crippen molar-refractivity contribution in [1.29, 1.82) is 0 Å². The summed E-state index contributed by atoms with van der Waals surface area (Å²) in [6, 6.07) is 14.2. The number of nitrogens with one attached hydrogen (secondary N) is 2. The zero-order valence-corrected chi connectivity index (χ0v) is 18.2. The average molecular weight is 425 g/mol. The number of rotatable bonds is 6. The summed E-state index contributed by atoms with van der Waals surface area (Å²) in [5, 5.41) is 6.14. The van der Waals surface area contributed by atoms with Gasteiger partial charge in [0.1, 0.15) is 5.75 Å². The number of aromatic nitrogens is 1. The van der Waals surface area contributed by atoms with E-state index in [0.29, 0.717) is 16.4 Å². The minimum absolute atomic E-state index is 0.260. The van der Waals surface area contributed by atoms with Gasteiger partial charge in [0, 0.05) is 35.8 Å². The van der Waals surface area contributed by atoms with Gasteiger partial charge in [-0.3, -0.25) is 10.1 Å². The van der Waals surface area contributed by atoms with Gasteiger partial charge in [-0.25, -0.2) is 9.78 Å². The van der Waals surface area contributed by atoms with Crippen LogP contribution in [-0.2, 0) is 6.42 Å². The first-order valence-electron chi connectivity index (χ1n) is 9.45. The first-order valence-corrected chi connectivity index (χ1v) is 10.3. The molecule has 1 heterocycles. The summed E-state index contributed by atoms with van der Waals surface area (Å²) < 4.78 is 5.21. The van der Waals surface area contributed by atoms with E-state index < -0.39 is 0 Å². The van der Waals surface area contributed by atoms with E-state index in [4.69, 9.17) is 4.74 Å². The zero-order valence-electron chi connectivity index (χ0n) is 17.4. The lowest BCUT2D eigenvalue weighted by Crippen LogP contribution is -2.27. The number of anilines is 2. The maximum absolute atomic E-state index is 12.7. The quantitative estimate of drug-likeness (QED) is 0.599. The van der Waals surface area contributed by atoms with Gasteiger partial charge in [-0.15, -0.1) is 11.3 Å². The molecule has 0 spiro atoms. The lowest BCUT2D eigenvalue weighted by Gasteiger charge is -2.12. The third kappa shape index (κ3) is 4.96. The largest absolute Gasteiger partial charge is 0.497 e. The number of amides is 3. The molecule has 2 aromatic carbocycles. The van der Waals surface area contributed by atoms with Gasteiger partial charge >= 0.3 is 6.03 Å². The molecule has 0 radical (unpaired) electrons. The normalized spacial score (nSPS) is 10.4. The van der Waals surface area contributed by atoms with E-state index in [9.17, 15) is 9.59 Å². The van der Waals surface area contributed by atoms with E-state index in [0.717, 1.165) is 28.3 Å². The fraction of sp³-hybridized carbons (Fsp3) is 0.227. The average Bonchev–Trinajstić information content (AvgIpc) is 3.16. The maximum Gasteiger partial charge on any atom is 0.321 e. The van der Waals surface area contributed by atoms with Gasteiger partial charge in [-0.2, -0.15) is 0 Å². The van der Waals surface area contributed by atoms with Crippen LogP contribution in [-0.4, -0.2) is 43.0 Å². The molecule has 0 aliphatic rings. The van der Waals surface area contributed by atoms with Crippen LogP contribution in [0.25, 0.3) is 11.3 Å². The molecule has 3 amide bonds. The Hall–Kier alpha value is -3.39. The van der Waals surface area contributed by atoms with Crippen LogP contribution in [0.15, 0.2) is 48.5 Å². The highest BCUT2D eigenvalue weighted by Crippen LogP contribution is 2.32. The SMILES string of the molecule is CCc1sc(NC(=O)c2cccc(NC(=O)N(C)C)c2)nc1-c1ccc(OC)cc1. The Morgan fingerprint density at radius 2 is 1.83 bits per heavy atom. The number of thiazole rings is 1. The Bertz CT molecular complexity index is 1040. The topological polar surface area (TPSA) is 83.6 Å². The van der Waals surface area contributed by atoms with Crippen molar-refractivity contribution in [1.82, 2.24) is 9.88 Å². The summed E-state index contributed by atoms with van der Waals surface area (Å²) in [7, 11) is 4.93. The predicted molar refractivity (Wildman–Crippen MR) is 121 cm³/mol. The second kappa shape index (κ2) is 9.41. The molecule has 1 aromatic heterocycles. The highest BCUT2D eigenvalue weighted by molar-refractivity contribution is 7.16. The molecule has 0 bridgehead atoms. The van der Waals surface area contributed by atoms with Gasteiger partial charge in [0.05, 0.1) is 12.8 Å². The summed E-state index contributed by atoms with van der Waals surface area (Å²) in [6.07, 6.45) is 0.806. The molecule has 7 nitrogen and oxygen atoms in total. The molecule has 3 aromatic rings. The summed E-state index contributed by atoms with van der Waals surface area (Å²) in [6.45, 7) is 2.06. The molecular formula is C22H24N4O3S. The van der Waals surface area contributed by atoms with Crippen molar-refractivity contribution in [3.63, 3.8) is 0 Å². The smallest absolute Gasteiger partial charge is 0.321 e. The summed E-state index contributed by atoms with van der Waals surface area (Å²) in [5.41, 5.74) is 2.81. The zero-order chi connectivity index (χ0) is 21.7. The highest BCUT2D eigenvalue weighted by Gasteiger charge is 2.15. The molecule has 3 rings (SSSR count). The number of benzene rings is 2. The Kier molecular flexibility index (Phi) is 6.68. The van der Waals surface area contributed by atoms with E-state index in [1.165, 1.54) is 16.2 Å². The molecule has 30 heavy (non-hydrogen) atoms. The predicted octanol–water partition coefficient (Wildman–Crippen LogP) is 4.73. The third-order valence-electron chi connectivity index (χ3n) is 4.38. The van der Waals surface area contributed by atoms with Crippen LogP contribution < -0.4 is 15.4 Å². The van der Waals surface area contributed by atoms with Gasteiger partial charge in [-0.05, 0) is 48.9 Å². The Balaban J connectivity index is 1.78. The molecule has 2 N–H and O–H groups in total. The number of hydrogen-bond donors (Lipinski definition) is 2. The second-order valence-electron chi connectivity index (χ2n) is 6.73. The lowest BCUT2D eigenvalue weighted by molar-refractivity contribution is 0.102. The molecular weight excluding hydrogens is 400 g/mol. The number of aryl methyl sites for hydroxylation is 1. The van der Waals surface area contributed by atoms with Crippen LogP contribution >= 0.6 is 11.3 Å². The molecule has 156 valence electrons.